The Balaban J connectivity index is 2.50. The highest BCUT2D eigenvalue weighted by Crippen LogP contribution is 2.12. The van der Waals surface area contributed by atoms with Crippen LogP contribution in [0.2, 0.25) is 0 Å². The third-order valence-electron chi connectivity index (χ3n) is 1.91. The summed E-state index contributed by atoms with van der Waals surface area (Å²) in [5.41, 5.74) is 3.02. The van der Waals surface area contributed by atoms with Crippen LogP contribution in [0.5, 0.6) is 0 Å². The van der Waals surface area contributed by atoms with Gasteiger partial charge >= 0.3 is 0 Å². The Morgan fingerprint density at radius 1 is 1.50 bits per heavy atom. The molecule has 0 aliphatic carbocycles. The SMILES string of the molecule is Cc1nc2ccc(C#CCS)cc2[nH]1. The molecule has 1 N–H and O–H groups in total. The van der Waals surface area contributed by atoms with Crippen molar-refractivity contribution >= 4 is 23.7 Å². The largest absolute Gasteiger partial charge is 0.342 e. The standard InChI is InChI=1S/C11H10N2S/c1-8-12-10-5-4-9(3-2-6-14)7-11(10)13-8/h4-5,7,14H,6H2,1H3,(H,12,13). The molecule has 0 radical (unpaired) electrons. The van der Waals surface area contributed by atoms with Gasteiger partial charge in [0.05, 0.1) is 16.8 Å². The maximum atomic E-state index is 4.32. The molecule has 0 aliphatic heterocycles. The molecule has 0 spiro atoms. The molecular formula is C11H10N2S. The quantitative estimate of drug-likeness (QED) is 0.497. The van der Waals surface area contributed by atoms with Gasteiger partial charge in [-0.1, -0.05) is 11.8 Å². The molecule has 0 atom stereocenters. The fourth-order valence-corrected chi connectivity index (χ4v) is 1.44. The van der Waals surface area contributed by atoms with Gasteiger partial charge in [0, 0.05) is 5.56 Å². The van der Waals surface area contributed by atoms with Crippen molar-refractivity contribution in [2.75, 3.05) is 5.75 Å². The lowest BCUT2D eigenvalue weighted by Gasteiger charge is -1.89. The Hall–Kier alpha value is -1.40. The van der Waals surface area contributed by atoms with Crippen LogP contribution in [0.1, 0.15) is 11.4 Å². The molecule has 2 rings (SSSR count). The monoisotopic (exact) mass is 202 g/mol. The number of hydrogen-bond acceptors (Lipinski definition) is 2. The summed E-state index contributed by atoms with van der Waals surface area (Å²) in [6, 6.07) is 5.95. The van der Waals surface area contributed by atoms with Crippen molar-refractivity contribution in [1.82, 2.24) is 9.97 Å². The maximum absolute atomic E-state index is 4.32. The van der Waals surface area contributed by atoms with Gasteiger partial charge in [0.2, 0.25) is 0 Å². The minimum Gasteiger partial charge on any atom is -0.342 e. The zero-order valence-electron chi connectivity index (χ0n) is 7.83. The molecule has 0 bridgehead atoms. The number of aromatic nitrogens is 2. The Morgan fingerprint density at radius 2 is 2.36 bits per heavy atom. The minimum atomic E-state index is 0.583. The van der Waals surface area contributed by atoms with Gasteiger partial charge in [-0.05, 0) is 25.1 Å². The Labute approximate surface area is 88.2 Å². The molecule has 2 aromatic rings. The van der Waals surface area contributed by atoms with Crippen molar-refractivity contribution in [3.8, 4) is 11.8 Å². The van der Waals surface area contributed by atoms with Crippen molar-refractivity contribution in [3.05, 3.63) is 29.6 Å². The van der Waals surface area contributed by atoms with E-state index >= 15 is 0 Å². The average Bonchev–Trinajstić information content (AvgIpc) is 2.54. The predicted octanol–water partition coefficient (Wildman–Crippen LogP) is 2.15. The first-order valence-electron chi connectivity index (χ1n) is 4.36. The lowest BCUT2D eigenvalue weighted by Crippen LogP contribution is -1.75. The van der Waals surface area contributed by atoms with Crippen LogP contribution in [0.25, 0.3) is 11.0 Å². The average molecular weight is 202 g/mol. The van der Waals surface area contributed by atoms with Crippen LogP contribution in [-0.2, 0) is 0 Å². The topological polar surface area (TPSA) is 28.7 Å². The number of fused-ring (bicyclic) bond motifs is 1. The van der Waals surface area contributed by atoms with E-state index in [9.17, 15) is 0 Å². The number of hydrogen-bond donors (Lipinski definition) is 2. The van der Waals surface area contributed by atoms with Crippen molar-refractivity contribution in [1.29, 1.82) is 0 Å². The Morgan fingerprint density at radius 3 is 3.14 bits per heavy atom. The van der Waals surface area contributed by atoms with E-state index in [1.54, 1.807) is 0 Å². The number of aryl methyl sites for hydroxylation is 1. The number of nitrogens with zero attached hydrogens (tertiary/aromatic N) is 1. The molecule has 0 saturated heterocycles. The second-order valence-corrected chi connectivity index (χ2v) is 3.33. The zero-order chi connectivity index (χ0) is 9.97. The van der Waals surface area contributed by atoms with Crippen molar-refractivity contribution in [2.24, 2.45) is 0 Å². The smallest absolute Gasteiger partial charge is 0.104 e. The molecule has 0 unspecified atom stereocenters. The summed E-state index contributed by atoms with van der Waals surface area (Å²) in [6.45, 7) is 1.94. The maximum Gasteiger partial charge on any atom is 0.104 e. The van der Waals surface area contributed by atoms with Crippen molar-refractivity contribution in [3.63, 3.8) is 0 Å². The summed E-state index contributed by atoms with van der Waals surface area (Å²) in [6.07, 6.45) is 0. The summed E-state index contributed by atoms with van der Waals surface area (Å²) in [7, 11) is 0. The first kappa shape index (κ1) is 9.17. The molecule has 2 nitrogen and oxygen atoms in total. The molecule has 1 aromatic carbocycles. The molecule has 3 heteroatoms. The highest BCUT2D eigenvalue weighted by Gasteiger charge is 1.98. The molecule has 0 aliphatic rings. The van der Waals surface area contributed by atoms with Gasteiger partial charge in [0.1, 0.15) is 5.82 Å². The number of nitrogens with one attached hydrogen (secondary N) is 1. The van der Waals surface area contributed by atoms with E-state index in [1.165, 1.54) is 0 Å². The fourth-order valence-electron chi connectivity index (χ4n) is 1.36. The number of benzene rings is 1. The highest BCUT2D eigenvalue weighted by molar-refractivity contribution is 7.80. The Bertz CT molecular complexity index is 517. The van der Waals surface area contributed by atoms with Crippen LogP contribution >= 0.6 is 12.6 Å². The summed E-state index contributed by atoms with van der Waals surface area (Å²) >= 11 is 4.03. The number of aromatic amines is 1. The summed E-state index contributed by atoms with van der Waals surface area (Å²) in [5.74, 6) is 7.45. The van der Waals surface area contributed by atoms with Crippen molar-refractivity contribution < 1.29 is 0 Å². The molecule has 0 saturated carbocycles. The number of thiol groups is 1. The van der Waals surface area contributed by atoms with E-state index in [0.717, 1.165) is 22.4 Å². The normalized spacial score (nSPS) is 9.86. The number of H-pyrrole nitrogens is 1. The van der Waals surface area contributed by atoms with Crippen LogP contribution in [0.4, 0.5) is 0 Å². The van der Waals surface area contributed by atoms with E-state index in [0.29, 0.717) is 5.75 Å². The Kier molecular flexibility index (Phi) is 2.47. The molecular weight excluding hydrogens is 192 g/mol. The molecule has 70 valence electrons. The predicted molar refractivity (Wildman–Crippen MR) is 61.6 cm³/mol. The van der Waals surface area contributed by atoms with E-state index in [2.05, 4.69) is 34.4 Å². The first-order valence-corrected chi connectivity index (χ1v) is 4.99. The summed E-state index contributed by atoms with van der Waals surface area (Å²) in [4.78, 5) is 7.49. The van der Waals surface area contributed by atoms with Gasteiger partial charge in [0.25, 0.3) is 0 Å². The van der Waals surface area contributed by atoms with E-state index in [1.807, 2.05) is 25.1 Å². The van der Waals surface area contributed by atoms with Crippen LogP contribution in [-0.4, -0.2) is 15.7 Å². The lowest BCUT2D eigenvalue weighted by molar-refractivity contribution is 1.17. The van der Waals surface area contributed by atoms with Crippen LogP contribution in [0, 0.1) is 18.8 Å². The van der Waals surface area contributed by atoms with E-state index in [-0.39, 0.29) is 0 Å². The fraction of sp³-hybridized carbons (Fsp3) is 0.182. The van der Waals surface area contributed by atoms with Gasteiger partial charge < -0.3 is 4.98 Å². The van der Waals surface area contributed by atoms with Crippen molar-refractivity contribution in [2.45, 2.75) is 6.92 Å². The molecule has 14 heavy (non-hydrogen) atoms. The molecule has 1 heterocycles. The van der Waals surface area contributed by atoms with E-state index in [4.69, 9.17) is 0 Å². The second kappa shape index (κ2) is 3.77. The van der Waals surface area contributed by atoms with E-state index < -0.39 is 0 Å². The van der Waals surface area contributed by atoms with Crippen LogP contribution < -0.4 is 0 Å². The van der Waals surface area contributed by atoms with Crippen LogP contribution in [0.3, 0.4) is 0 Å². The van der Waals surface area contributed by atoms with Gasteiger partial charge in [-0.15, -0.1) is 0 Å². The molecule has 1 aromatic heterocycles. The van der Waals surface area contributed by atoms with Gasteiger partial charge in [0.15, 0.2) is 0 Å². The van der Waals surface area contributed by atoms with Crippen LogP contribution in [0.15, 0.2) is 18.2 Å². The highest BCUT2D eigenvalue weighted by atomic mass is 32.1. The number of rotatable bonds is 0. The van der Waals surface area contributed by atoms with Gasteiger partial charge in [-0.2, -0.15) is 12.6 Å². The summed E-state index contributed by atoms with van der Waals surface area (Å²) < 4.78 is 0. The zero-order valence-corrected chi connectivity index (χ0v) is 8.73. The van der Waals surface area contributed by atoms with Gasteiger partial charge in [-0.25, -0.2) is 4.98 Å². The first-order chi connectivity index (χ1) is 6.79. The van der Waals surface area contributed by atoms with Gasteiger partial charge in [-0.3, -0.25) is 0 Å². The third kappa shape index (κ3) is 1.75. The second-order valence-electron chi connectivity index (χ2n) is 3.01. The lowest BCUT2D eigenvalue weighted by atomic mass is 10.2. The minimum absolute atomic E-state index is 0.583. The molecule has 0 amide bonds. The number of imidazole rings is 1. The third-order valence-corrected chi connectivity index (χ3v) is 2.07. The summed E-state index contributed by atoms with van der Waals surface area (Å²) in [5, 5.41) is 0. The molecule has 0 fully saturated rings.